The van der Waals surface area contributed by atoms with Crippen LogP contribution < -0.4 is 10.1 Å². The third-order valence-electron chi connectivity index (χ3n) is 3.10. The quantitative estimate of drug-likeness (QED) is 0.828. The maximum atomic E-state index is 13.8. The third-order valence-corrected chi connectivity index (χ3v) is 3.10. The van der Waals surface area contributed by atoms with Crippen molar-refractivity contribution in [3.05, 3.63) is 29.3 Å². The van der Waals surface area contributed by atoms with Crippen LogP contribution in [0.2, 0.25) is 0 Å². The Morgan fingerprint density at radius 3 is 2.71 bits per heavy atom. The van der Waals surface area contributed by atoms with Crippen LogP contribution in [-0.4, -0.2) is 25.3 Å². The van der Waals surface area contributed by atoms with Crippen molar-refractivity contribution in [3.8, 4) is 5.75 Å². The van der Waals surface area contributed by atoms with Crippen molar-refractivity contribution >= 4 is 0 Å². The first-order valence-electron chi connectivity index (χ1n) is 5.53. The van der Waals surface area contributed by atoms with Gasteiger partial charge in [-0.15, -0.1) is 0 Å². The van der Waals surface area contributed by atoms with Crippen molar-refractivity contribution in [2.75, 3.05) is 20.2 Å². The van der Waals surface area contributed by atoms with Crippen LogP contribution in [0, 0.1) is 11.6 Å². The van der Waals surface area contributed by atoms with E-state index in [0.717, 1.165) is 25.1 Å². The molecular weight excluding hydrogens is 228 g/mol. The molecule has 3 nitrogen and oxygen atoms in total. The second kappa shape index (κ2) is 4.58. The summed E-state index contributed by atoms with van der Waals surface area (Å²) in [4.78, 5) is 0. The van der Waals surface area contributed by atoms with Crippen molar-refractivity contribution in [1.82, 2.24) is 5.32 Å². The molecule has 1 aliphatic heterocycles. The average Bonchev–Trinajstić information content (AvgIpc) is 2.32. The summed E-state index contributed by atoms with van der Waals surface area (Å²) in [5.41, 5.74) is -1.35. The Morgan fingerprint density at radius 1 is 1.35 bits per heavy atom. The Bertz CT molecular complexity index is 417. The zero-order valence-corrected chi connectivity index (χ0v) is 9.59. The van der Waals surface area contributed by atoms with Gasteiger partial charge in [-0.05, 0) is 25.5 Å². The summed E-state index contributed by atoms with van der Waals surface area (Å²) >= 11 is 0. The van der Waals surface area contributed by atoms with Gasteiger partial charge in [0.05, 0.1) is 7.11 Å². The van der Waals surface area contributed by atoms with Gasteiger partial charge in [0.2, 0.25) is 0 Å². The number of hydrogen-bond acceptors (Lipinski definition) is 3. The van der Waals surface area contributed by atoms with Crippen LogP contribution in [0.3, 0.4) is 0 Å². The summed E-state index contributed by atoms with van der Waals surface area (Å²) in [6.07, 6.45) is 1.15. The van der Waals surface area contributed by atoms with E-state index < -0.39 is 17.2 Å². The highest BCUT2D eigenvalue weighted by atomic mass is 19.1. The summed E-state index contributed by atoms with van der Waals surface area (Å²) in [6.45, 7) is 1.01. The lowest BCUT2D eigenvalue weighted by Crippen LogP contribution is -2.43. The highest BCUT2D eigenvalue weighted by Crippen LogP contribution is 2.33. The minimum absolute atomic E-state index is 0.0111. The zero-order valence-electron chi connectivity index (χ0n) is 9.59. The van der Waals surface area contributed by atoms with Gasteiger partial charge in [0.25, 0.3) is 0 Å². The Labute approximate surface area is 98.4 Å². The van der Waals surface area contributed by atoms with E-state index in [2.05, 4.69) is 10.1 Å². The van der Waals surface area contributed by atoms with Crippen LogP contribution >= 0.6 is 0 Å². The SMILES string of the molecule is COc1cc(F)c(C2(O)CCCNC2)cc1F. The van der Waals surface area contributed by atoms with Crippen LogP contribution in [-0.2, 0) is 5.60 Å². The zero-order chi connectivity index (χ0) is 12.5. The summed E-state index contributed by atoms with van der Waals surface area (Å²) < 4.78 is 32.0. The van der Waals surface area contributed by atoms with Crippen molar-refractivity contribution in [3.63, 3.8) is 0 Å². The molecule has 0 bridgehead atoms. The number of halogens is 2. The number of nitrogens with one attached hydrogen (secondary N) is 1. The minimum Gasteiger partial charge on any atom is -0.494 e. The van der Waals surface area contributed by atoms with Gasteiger partial charge in [-0.1, -0.05) is 0 Å². The fraction of sp³-hybridized carbons (Fsp3) is 0.500. The molecule has 0 amide bonds. The minimum atomic E-state index is -1.34. The van der Waals surface area contributed by atoms with E-state index in [-0.39, 0.29) is 17.9 Å². The first-order valence-corrected chi connectivity index (χ1v) is 5.53. The van der Waals surface area contributed by atoms with Crippen LogP contribution in [0.1, 0.15) is 18.4 Å². The maximum absolute atomic E-state index is 13.8. The van der Waals surface area contributed by atoms with Crippen LogP contribution in [0.25, 0.3) is 0 Å². The second-order valence-electron chi connectivity index (χ2n) is 4.28. The third kappa shape index (κ3) is 2.25. The largest absolute Gasteiger partial charge is 0.494 e. The lowest BCUT2D eigenvalue weighted by atomic mass is 9.86. The molecule has 5 heteroatoms. The number of ether oxygens (including phenoxy) is 1. The van der Waals surface area contributed by atoms with Crippen molar-refractivity contribution in [1.29, 1.82) is 0 Å². The van der Waals surface area contributed by atoms with E-state index >= 15 is 0 Å². The van der Waals surface area contributed by atoms with E-state index in [1.165, 1.54) is 7.11 Å². The molecule has 0 spiro atoms. The number of piperidine rings is 1. The molecule has 1 aromatic rings. The fourth-order valence-corrected chi connectivity index (χ4v) is 2.16. The predicted molar refractivity (Wildman–Crippen MR) is 58.9 cm³/mol. The molecule has 1 atom stereocenters. The van der Waals surface area contributed by atoms with E-state index in [4.69, 9.17) is 0 Å². The molecule has 1 fully saturated rings. The number of aliphatic hydroxyl groups is 1. The Kier molecular flexibility index (Phi) is 3.31. The Balaban J connectivity index is 2.41. The molecule has 94 valence electrons. The second-order valence-corrected chi connectivity index (χ2v) is 4.28. The molecule has 1 aliphatic rings. The molecule has 2 N–H and O–H groups in total. The van der Waals surface area contributed by atoms with Crippen molar-refractivity contribution in [2.45, 2.75) is 18.4 Å². The first-order chi connectivity index (χ1) is 8.07. The summed E-state index contributed by atoms with van der Waals surface area (Å²) in [7, 11) is 1.27. The summed E-state index contributed by atoms with van der Waals surface area (Å²) in [5, 5.41) is 13.3. The van der Waals surface area contributed by atoms with Crippen LogP contribution in [0.4, 0.5) is 8.78 Å². The normalized spacial score (nSPS) is 24.7. The number of β-amino-alcohol motifs (C(OH)–C–C–N with tert-alkyl or cyclic N) is 1. The van der Waals surface area contributed by atoms with E-state index in [9.17, 15) is 13.9 Å². The number of benzene rings is 1. The smallest absolute Gasteiger partial charge is 0.165 e. The lowest BCUT2D eigenvalue weighted by Gasteiger charge is -2.33. The van der Waals surface area contributed by atoms with Gasteiger partial charge in [-0.2, -0.15) is 0 Å². The topological polar surface area (TPSA) is 41.5 Å². The standard InChI is InChI=1S/C12H15F2NO2/c1-17-11-6-9(13)8(5-10(11)14)12(16)3-2-4-15-7-12/h5-6,15-16H,2-4,7H2,1H3. The van der Waals surface area contributed by atoms with Gasteiger partial charge >= 0.3 is 0 Å². The molecule has 1 unspecified atom stereocenters. The molecule has 17 heavy (non-hydrogen) atoms. The van der Waals surface area contributed by atoms with Gasteiger partial charge < -0.3 is 15.2 Å². The van der Waals surface area contributed by atoms with Gasteiger partial charge in [0, 0.05) is 18.2 Å². The van der Waals surface area contributed by atoms with Gasteiger partial charge in [-0.25, -0.2) is 8.78 Å². The molecule has 0 aromatic heterocycles. The highest BCUT2D eigenvalue weighted by Gasteiger charge is 2.34. The van der Waals surface area contributed by atoms with E-state index in [0.29, 0.717) is 6.42 Å². The van der Waals surface area contributed by atoms with Crippen molar-refractivity contribution in [2.24, 2.45) is 0 Å². The van der Waals surface area contributed by atoms with Gasteiger partial charge in [0.15, 0.2) is 11.6 Å². The molecule has 1 saturated heterocycles. The van der Waals surface area contributed by atoms with Crippen molar-refractivity contribution < 1.29 is 18.6 Å². The maximum Gasteiger partial charge on any atom is 0.165 e. The Morgan fingerprint density at radius 2 is 2.12 bits per heavy atom. The highest BCUT2D eigenvalue weighted by molar-refractivity contribution is 5.34. The summed E-state index contributed by atoms with van der Waals surface area (Å²) in [6, 6.07) is 1.98. The lowest BCUT2D eigenvalue weighted by molar-refractivity contribution is 0.00871. The number of methoxy groups -OCH3 is 1. The molecule has 2 rings (SSSR count). The van der Waals surface area contributed by atoms with E-state index in [1.807, 2.05) is 0 Å². The van der Waals surface area contributed by atoms with E-state index in [1.54, 1.807) is 0 Å². The average molecular weight is 243 g/mol. The molecule has 1 heterocycles. The first kappa shape index (κ1) is 12.3. The predicted octanol–water partition coefficient (Wildman–Crippen LogP) is 1.54. The van der Waals surface area contributed by atoms with Crippen LogP contribution in [0.5, 0.6) is 5.75 Å². The van der Waals surface area contributed by atoms with Gasteiger partial charge in [-0.3, -0.25) is 0 Å². The number of hydrogen-bond donors (Lipinski definition) is 2. The Hall–Kier alpha value is -1.20. The van der Waals surface area contributed by atoms with Crippen LogP contribution in [0.15, 0.2) is 12.1 Å². The monoisotopic (exact) mass is 243 g/mol. The molecule has 1 aromatic carbocycles. The molecule has 0 radical (unpaired) electrons. The number of rotatable bonds is 2. The fourth-order valence-electron chi connectivity index (χ4n) is 2.16. The van der Waals surface area contributed by atoms with Gasteiger partial charge in [0.1, 0.15) is 11.4 Å². The summed E-state index contributed by atoms with van der Waals surface area (Å²) in [5.74, 6) is -1.46. The molecule has 0 saturated carbocycles. The molecular formula is C12H15F2NO2. The molecule has 0 aliphatic carbocycles.